The Morgan fingerprint density at radius 2 is 1.92 bits per heavy atom. The standard InChI is InChI=1S/C19H28FN3O2S/c1-25-12-11-21-18(24)13-22-19(26)23(17-5-3-2-4-6-17)14-15-7-9-16(20)10-8-15/h7-10,17H,2-6,11-14H2,1H3,(H,21,24)(H,22,26). The van der Waals surface area contributed by atoms with Crippen LogP contribution in [0, 0.1) is 5.82 Å². The zero-order valence-corrected chi connectivity index (χ0v) is 16.1. The molecule has 1 aromatic carbocycles. The maximum Gasteiger partial charge on any atom is 0.239 e. The van der Waals surface area contributed by atoms with Crippen LogP contribution < -0.4 is 10.6 Å². The molecule has 1 saturated carbocycles. The Kier molecular flexibility index (Phi) is 8.77. The average Bonchev–Trinajstić information content (AvgIpc) is 2.66. The van der Waals surface area contributed by atoms with Crippen molar-refractivity contribution in [2.75, 3.05) is 26.8 Å². The fraction of sp³-hybridized carbons (Fsp3) is 0.579. The first-order valence-corrected chi connectivity index (χ1v) is 9.55. The number of amides is 1. The molecule has 1 fully saturated rings. The molecule has 0 aromatic heterocycles. The van der Waals surface area contributed by atoms with E-state index >= 15 is 0 Å². The van der Waals surface area contributed by atoms with Gasteiger partial charge in [-0.15, -0.1) is 0 Å². The van der Waals surface area contributed by atoms with Crippen LogP contribution in [-0.4, -0.2) is 48.8 Å². The number of carbonyl (C=O) groups excluding carboxylic acids is 1. The maximum absolute atomic E-state index is 13.2. The molecule has 2 N–H and O–H groups in total. The fourth-order valence-electron chi connectivity index (χ4n) is 3.16. The minimum atomic E-state index is -0.244. The van der Waals surface area contributed by atoms with Crippen LogP contribution in [0.15, 0.2) is 24.3 Å². The van der Waals surface area contributed by atoms with E-state index in [1.165, 1.54) is 31.4 Å². The molecule has 26 heavy (non-hydrogen) atoms. The molecule has 0 aliphatic heterocycles. The third-order valence-corrected chi connectivity index (χ3v) is 4.95. The second-order valence-corrected chi connectivity index (χ2v) is 6.93. The van der Waals surface area contributed by atoms with Gasteiger partial charge in [0.1, 0.15) is 5.82 Å². The van der Waals surface area contributed by atoms with E-state index in [1.807, 2.05) is 0 Å². The van der Waals surface area contributed by atoms with Crippen molar-refractivity contribution in [1.29, 1.82) is 0 Å². The predicted octanol–water partition coefficient (Wildman–Crippen LogP) is 2.60. The van der Waals surface area contributed by atoms with E-state index in [4.69, 9.17) is 17.0 Å². The Hall–Kier alpha value is -1.73. The highest BCUT2D eigenvalue weighted by atomic mass is 32.1. The lowest BCUT2D eigenvalue weighted by Crippen LogP contribution is -2.48. The van der Waals surface area contributed by atoms with Crippen LogP contribution in [0.4, 0.5) is 4.39 Å². The van der Waals surface area contributed by atoms with Crippen LogP contribution in [0.25, 0.3) is 0 Å². The van der Waals surface area contributed by atoms with Crippen molar-refractivity contribution < 1.29 is 13.9 Å². The van der Waals surface area contributed by atoms with Crippen LogP contribution in [-0.2, 0) is 16.1 Å². The molecule has 7 heteroatoms. The van der Waals surface area contributed by atoms with Crippen molar-refractivity contribution in [3.05, 3.63) is 35.6 Å². The topological polar surface area (TPSA) is 53.6 Å². The highest BCUT2D eigenvalue weighted by molar-refractivity contribution is 7.80. The highest BCUT2D eigenvalue weighted by Gasteiger charge is 2.23. The largest absolute Gasteiger partial charge is 0.383 e. The van der Waals surface area contributed by atoms with Gasteiger partial charge in [0.2, 0.25) is 5.91 Å². The van der Waals surface area contributed by atoms with Gasteiger partial charge in [0, 0.05) is 26.2 Å². The second-order valence-electron chi connectivity index (χ2n) is 6.55. The number of nitrogens with zero attached hydrogens (tertiary/aromatic N) is 1. The molecule has 0 bridgehead atoms. The number of thiocarbonyl (C=S) groups is 1. The number of methoxy groups -OCH3 is 1. The highest BCUT2D eigenvalue weighted by Crippen LogP contribution is 2.24. The number of nitrogens with one attached hydrogen (secondary N) is 2. The van der Waals surface area contributed by atoms with E-state index < -0.39 is 0 Å². The zero-order valence-electron chi connectivity index (χ0n) is 15.3. The lowest BCUT2D eigenvalue weighted by atomic mass is 9.94. The Labute approximate surface area is 160 Å². The van der Waals surface area contributed by atoms with Crippen LogP contribution in [0.5, 0.6) is 0 Å². The summed E-state index contributed by atoms with van der Waals surface area (Å²) >= 11 is 5.57. The van der Waals surface area contributed by atoms with E-state index in [-0.39, 0.29) is 18.3 Å². The van der Waals surface area contributed by atoms with Gasteiger partial charge in [-0.1, -0.05) is 31.4 Å². The molecule has 0 atom stereocenters. The van der Waals surface area contributed by atoms with Gasteiger partial charge in [-0.2, -0.15) is 0 Å². The minimum absolute atomic E-state index is 0.116. The van der Waals surface area contributed by atoms with Crippen LogP contribution in [0.1, 0.15) is 37.7 Å². The molecule has 1 aliphatic rings. The number of hydrogen-bond acceptors (Lipinski definition) is 3. The smallest absolute Gasteiger partial charge is 0.239 e. The third-order valence-electron chi connectivity index (χ3n) is 4.57. The Morgan fingerprint density at radius 1 is 1.23 bits per heavy atom. The molecule has 0 heterocycles. The van der Waals surface area contributed by atoms with Gasteiger partial charge >= 0.3 is 0 Å². The van der Waals surface area contributed by atoms with Gasteiger partial charge < -0.3 is 20.3 Å². The molecular formula is C19H28FN3O2S. The molecule has 0 radical (unpaired) electrons. The summed E-state index contributed by atoms with van der Waals surface area (Å²) in [5.41, 5.74) is 1.01. The lowest BCUT2D eigenvalue weighted by Gasteiger charge is -2.36. The monoisotopic (exact) mass is 381 g/mol. The zero-order chi connectivity index (χ0) is 18.8. The molecule has 0 saturated heterocycles. The van der Waals surface area contributed by atoms with E-state index in [1.54, 1.807) is 19.2 Å². The third kappa shape index (κ3) is 6.88. The first-order chi connectivity index (χ1) is 12.6. The minimum Gasteiger partial charge on any atom is -0.383 e. The second kappa shape index (κ2) is 11.1. The SMILES string of the molecule is COCCNC(=O)CNC(=S)N(Cc1ccc(F)cc1)C1CCCCC1. The molecule has 0 unspecified atom stereocenters. The summed E-state index contributed by atoms with van der Waals surface area (Å²) in [6.45, 7) is 1.71. The molecule has 2 rings (SSSR count). The summed E-state index contributed by atoms with van der Waals surface area (Å²) in [6.07, 6.45) is 5.80. The van der Waals surface area contributed by atoms with Crippen LogP contribution in [0.2, 0.25) is 0 Å². The number of halogens is 1. The van der Waals surface area contributed by atoms with E-state index in [0.29, 0.717) is 30.9 Å². The van der Waals surface area contributed by atoms with Crippen molar-refractivity contribution >= 4 is 23.2 Å². The summed E-state index contributed by atoms with van der Waals surface area (Å²) in [4.78, 5) is 14.0. The van der Waals surface area contributed by atoms with Crippen molar-refractivity contribution in [3.63, 3.8) is 0 Å². The van der Waals surface area contributed by atoms with Gasteiger partial charge in [0.25, 0.3) is 0 Å². The normalized spacial score (nSPS) is 14.7. The molecule has 0 spiro atoms. The van der Waals surface area contributed by atoms with Gasteiger partial charge in [-0.05, 0) is 42.8 Å². The Balaban J connectivity index is 1.94. The summed E-state index contributed by atoms with van der Waals surface area (Å²) in [5, 5.41) is 6.41. The van der Waals surface area contributed by atoms with Gasteiger partial charge in [-0.3, -0.25) is 4.79 Å². The van der Waals surface area contributed by atoms with Crippen LogP contribution >= 0.6 is 12.2 Å². The molecule has 144 valence electrons. The van der Waals surface area contributed by atoms with Gasteiger partial charge in [-0.25, -0.2) is 4.39 Å². The van der Waals surface area contributed by atoms with Crippen molar-refractivity contribution in [2.45, 2.75) is 44.7 Å². The summed E-state index contributed by atoms with van der Waals surface area (Å²) < 4.78 is 18.1. The molecule has 1 aromatic rings. The van der Waals surface area contributed by atoms with Crippen molar-refractivity contribution in [3.8, 4) is 0 Å². The number of hydrogen-bond donors (Lipinski definition) is 2. The first-order valence-electron chi connectivity index (χ1n) is 9.14. The summed E-state index contributed by atoms with van der Waals surface area (Å²) in [7, 11) is 1.59. The summed E-state index contributed by atoms with van der Waals surface area (Å²) in [6, 6.07) is 6.85. The Bertz CT molecular complexity index is 577. The quantitative estimate of drug-likeness (QED) is 0.536. The number of rotatable bonds is 8. The van der Waals surface area contributed by atoms with Gasteiger partial charge in [0.15, 0.2) is 5.11 Å². The molecule has 1 aliphatic carbocycles. The molecular weight excluding hydrogens is 353 g/mol. The van der Waals surface area contributed by atoms with Crippen molar-refractivity contribution in [1.82, 2.24) is 15.5 Å². The average molecular weight is 382 g/mol. The van der Waals surface area contributed by atoms with Crippen LogP contribution in [0.3, 0.4) is 0 Å². The first kappa shape index (κ1) is 20.6. The molecule has 1 amide bonds. The fourth-order valence-corrected chi connectivity index (χ4v) is 3.44. The summed E-state index contributed by atoms with van der Waals surface area (Å²) in [5.74, 6) is -0.360. The van der Waals surface area contributed by atoms with Gasteiger partial charge in [0.05, 0.1) is 13.2 Å². The maximum atomic E-state index is 13.2. The van der Waals surface area contributed by atoms with Crippen molar-refractivity contribution in [2.24, 2.45) is 0 Å². The number of carbonyl (C=O) groups is 1. The lowest BCUT2D eigenvalue weighted by molar-refractivity contribution is -0.120. The Morgan fingerprint density at radius 3 is 2.58 bits per heavy atom. The predicted molar refractivity (Wildman–Crippen MR) is 104 cm³/mol. The van der Waals surface area contributed by atoms with E-state index in [0.717, 1.165) is 18.4 Å². The van der Waals surface area contributed by atoms with E-state index in [2.05, 4.69) is 15.5 Å². The van der Waals surface area contributed by atoms with E-state index in [9.17, 15) is 9.18 Å². The number of benzene rings is 1. The molecule has 5 nitrogen and oxygen atoms in total. The number of ether oxygens (including phenoxy) is 1.